The third kappa shape index (κ3) is 2.57. The Balaban J connectivity index is 1.94. The van der Waals surface area contributed by atoms with E-state index >= 15 is 0 Å². The van der Waals surface area contributed by atoms with Crippen molar-refractivity contribution in [1.29, 1.82) is 0 Å². The zero-order valence-electron chi connectivity index (χ0n) is 14.6. The highest BCUT2D eigenvalue weighted by Gasteiger charge is 2.66. The highest BCUT2D eigenvalue weighted by Crippen LogP contribution is 2.51. The van der Waals surface area contributed by atoms with Gasteiger partial charge in [-0.2, -0.15) is 0 Å². The van der Waals surface area contributed by atoms with Crippen molar-refractivity contribution in [2.24, 2.45) is 5.41 Å². The number of nitrogens with one attached hydrogen (secondary N) is 1. The van der Waals surface area contributed by atoms with Gasteiger partial charge in [0.25, 0.3) is 5.91 Å². The molecule has 6 heteroatoms. The van der Waals surface area contributed by atoms with Gasteiger partial charge in [-0.05, 0) is 12.3 Å². The minimum absolute atomic E-state index is 0.209. The summed E-state index contributed by atoms with van der Waals surface area (Å²) >= 11 is 0. The van der Waals surface area contributed by atoms with Crippen molar-refractivity contribution in [2.45, 2.75) is 38.8 Å². The van der Waals surface area contributed by atoms with Crippen molar-refractivity contribution < 1.29 is 19.4 Å². The smallest absolute Gasteiger partial charge is 0.330 e. The Bertz CT molecular complexity index is 828. The molecule has 0 radical (unpaired) electrons. The normalized spacial score (nSPS) is 24.5. The fourth-order valence-electron chi connectivity index (χ4n) is 3.60. The average Bonchev–Trinajstić information content (AvgIpc) is 2.59. The summed E-state index contributed by atoms with van der Waals surface area (Å²) in [5.41, 5.74) is -1.71. The molecule has 1 aliphatic carbocycles. The summed E-state index contributed by atoms with van der Waals surface area (Å²) in [4.78, 5) is 29.0. The number of amides is 1. The van der Waals surface area contributed by atoms with Gasteiger partial charge in [-0.15, -0.1) is 0 Å². The summed E-state index contributed by atoms with van der Waals surface area (Å²) < 4.78 is 5.63. The second kappa shape index (κ2) is 6.11. The van der Waals surface area contributed by atoms with Gasteiger partial charge in [0.05, 0.1) is 11.7 Å². The third-order valence-corrected chi connectivity index (χ3v) is 5.37. The Morgan fingerprint density at radius 3 is 2.68 bits per heavy atom. The van der Waals surface area contributed by atoms with E-state index in [1.54, 1.807) is 6.20 Å². The van der Waals surface area contributed by atoms with Crippen LogP contribution in [0.5, 0.6) is 0 Å². The quantitative estimate of drug-likeness (QED) is 0.872. The number of aliphatic carboxylic acids is 1. The SMILES string of the molecule is CCO[C@H]1C[C@@](NC(=O)c2cncc3ccccc23)(C(=O)O)C1(C)C. The molecule has 1 saturated carbocycles. The number of rotatable bonds is 5. The number of aromatic nitrogens is 1. The molecule has 0 unspecified atom stereocenters. The standard InChI is InChI=1S/C19H22N2O4/c1-4-25-15-9-19(17(23)24,18(15,2)3)21-16(22)14-11-20-10-12-7-5-6-8-13(12)14/h5-8,10-11,15H,4,9H2,1-3H3,(H,21,22)(H,23,24)/t15-,19+/m0/s1. The lowest BCUT2D eigenvalue weighted by Gasteiger charge is -2.58. The molecule has 1 fully saturated rings. The van der Waals surface area contributed by atoms with Crippen LogP contribution in [0, 0.1) is 5.41 Å². The van der Waals surface area contributed by atoms with Crippen LogP contribution in [-0.4, -0.2) is 40.2 Å². The lowest BCUT2D eigenvalue weighted by atomic mass is 9.54. The summed E-state index contributed by atoms with van der Waals surface area (Å²) in [6.07, 6.45) is 3.18. The molecular formula is C19H22N2O4. The number of carboxylic acid groups (broad SMARTS) is 1. The number of carbonyl (C=O) groups is 2. The molecule has 25 heavy (non-hydrogen) atoms. The van der Waals surface area contributed by atoms with Crippen LogP contribution >= 0.6 is 0 Å². The van der Waals surface area contributed by atoms with Gasteiger partial charge in [-0.25, -0.2) is 4.79 Å². The molecule has 0 saturated heterocycles. The number of fused-ring (bicyclic) bond motifs is 1. The first-order chi connectivity index (χ1) is 11.8. The molecular weight excluding hydrogens is 320 g/mol. The van der Waals surface area contributed by atoms with Crippen LogP contribution in [0.2, 0.25) is 0 Å². The van der Waals surface area contributed by atoms with Crippen LogP contribution in [0.1, 0.15) is 37.6 Å². The van der Waals surface area contributed by atoms with E-state index in [4.69, 9.17) is 4.74 Å². The highest BCUT2D eigenvalue weighted by molar-refractivity contribution is 6.08. The zero-order valence-corrected chi connectivity index (χ0v) is 14.6. The Hall–Kier alpha value is -2.47. The molecule has 3 rings (SSSR count). The van der Waals surface area contributed by atoms with E-state index in [0.717, 1.165) is 10.8 Å². The summed E-state index contributed by atoms with van der Waals surface area (Å²) in [6.45, 7) is 6.00. The summed E-state index contributed by atoms with van der Waals surface area (Å²) in [5, 5.41) is 14.2. The number of benzene rings is 1. The minimum atomic E-state index is -1.36. The van der Waals surface area contributed by atoms with Gasteiger partial charge in [-0.3, -0.25) is 9.78 Å². The fourth-order valence-corrected chi connectivity index (χ4v) is 3.60. The zero-order chi connectivity index (χ0) is 18.2. The Kier molecular flexibility index (Phi) is 4.24. The first kappa shape index (κ1) is 17.4. The molecule has 2 N–H and O–H groups in total. The summed E-state index contributed by atoms with van der Waals surface area (Å²) in [6, 6.07) is 7.40. The van der Waals surface area contributed by atoms with Crippen molar-refractivity contribution in [3.63, 3.8) is 0 Å². The van der Waals surface area contributed by atoms with Crippen molar-refractivity contribution in [3.8, 4) is 0 Å². The van der Waals surface area contributed by atoms with Crippen LogP contribution in [-0.2, 0) is 9.53 Å². The Morgan fingerprint density at radius 2 is 2.04 bits per heavy atom. The van der Waals surface area contributed by atoms with E-state index in [1.165, 1.54) is 6.20 Å². The predicted octanol–water partition coefficient (Wildman–Crippen LogP) is 2.62. The maximum Gasteiger partial charge on any atom is 0.330 e. The van der Waals surface area contributed by atoms with E-state index in [-0.39, 0.29) is 12.5 Å². The molecule has 0 aliphatic heterocycles. The van der Waals surface area contributed by atoms with E-state index in [1.807, 2.05) is 45.0 Å². The monoisotopic (exact) mass is 342 g/mol. The van der Waals surface area contributed by atoms with Gasteiger partial charge in [0.1, 0.15) is 5.54 Å². The molecule has 1 heterocycles. The number of nitrogens with zero attached hydrogens (tertiary/aromatic N) is 1. The van der Waals surface area contributed by atoms with E-state index in [9.17, 15) is 14.7 Å². The van der Waals surface area contributed by atoms with Gasteiger partial charge in [0.15, 0.2) is 0 Å². The van der Waals surface area contributed by atoms with Crippen LogP contribution in [0.15, 0.2) is 36.7 Å². The topological polar surface area (TPSA) is 88.5 Å². The molecule has 6 nitrogen and oxygen atoms in total. The first-order valence-corrected chi connectivity index (χ1v) is 8.33. The number of hydrogen-bond donors (Lipinski definition) is 2. The minimum Gasteiger partial charge on any atom is -0.479 e. The first-order valence-electron chi connectivity index (χ1n) is 8.33. The van der Waals surface area contributed by atoms with Crippen LogP contribution < -0.4 is 5.32 Å². The second-order valence-electron chi connectivity index (χ2n) is 6.94. The Labute approximate surface area is 146 Å². The molecule has 0 bridgehead atoms. The van der Waals surface area contributed by atoms with E-state index < -0.39 is 22.8 Å². The third-order valence-electron chi connectivity index (χ3n) is 5.37. The molecule has 0 spiro atoms. The highest BCUT2D eigenvalue weighted by atomic mass is 16.5. The fraction of sp³-hybridized carbons (Fsp3) is 0.421. The van der Waals surface area contributed by atoms with Crippen LogP contribution in [0.3, 0.4) is 0 Å². The van der Waals surface area contributed by atoms with Gasteiger partial charge in [0, 0.05) is 36.2 Å². The maximum absolute atomic E-state index is 12.9. The van der Waals surface area contributed by atoms with Crippen molar-refractivity contribution >= 4 is 22.6 Å². The van der Waals surface area contributed by atoms with Gasteiger partial charge in [-0.1, -0.05) is 38.1 Å². The molecule has 1 aromatic carbocycles. The van der Waals surface area contributed by atoms with E-state index in [2.05, 4.69) is 10.3 Å². The average molecular weight is 342 g/mol. The molecule has 1 aromatic heterocycles. The largest absolute Gasteiger partial charge is 0.479 e. The second-order valence-corrected chi connectivity index (χ2v) is 6.94. The van der Waals surface area contributed by atoms with Gasteiger partial charge in [0.2, 0.25) is 0 Å². The summed E-state index contributed by atoms with van der Waals surface area (Å²) in [7, 11) is 0. The lowest BCUT2D eigenvalue weighted by molar-refractivity contribution is -0.190. The molecule has 2 atom stereocenters. The van der Waals surface area contributed by atoms with Crippen molar-refractivity contribution in [3.05, 3.63) is 42.2 Å². The number of hydrogen-bond acceptors (Lipinski definition) is 4. The molecule has 132 valence electrons. The maximum atomic E-state index is 12.9. The summed E-state index contributed by atoms with van der Waals surface area (Å²) in [5.74, 6) is -1.48. The van der Waals surface area contributed by atoms with Gasteiger partial charge >= 0.3 is 5.97 Å². The number of carbonyl (C=O) groups excluding carboxylic acids is 1. The number of carboxylic acids is 1. The van der Waals surface area contributed by atoms with Gasteiger partial charge < -0.3 is 15.2 Å². The predicted molar refractivity (Wildman–Crippen MR) is 93.4 cm³/mol. The molecule has 1 aliphatic rings. The van der Waals surface area contributed by atoms with E-state index in [0.29, 0.717) is 12.2 Å². The van der Waals surface area contributed by atoms with Crippen molar-refractivity contribution in [2.75, 3.05) is 6.61 Å². The number of pyridine rings is 1. The van der Waals surface area contributed by atoms with Crippen molar-refractivity contribution in [1.82, 2.24) is 10.3 Å². The van der Waals surface area contributed by atoms with Crippen LogP contribution in [0.4, 0.5) is 0 Å². The number of ether oxygens (including phenoxy) is 1. The molecule has 2 aromatic rings. The lowest BCUT2D eigenvalue weighted by Crippen LogP contribution is -2.76. The molecule has 1 amide bonds. The Morgan fingerprint density at radius 1 is 1.32 bits per heavy atom. The van der Waals surface area contributed by atoms with Crippen LogP contribution in [0.25, 0.3) is 10.8 Å².